The molecule has 0 heterocycles. The lowest BCUT2D eigenvalue weighted by atomic mass is 10.0. The van der Waals surface area contributed by atoms with Crippen molar-refractivity contribution in [3.05, 3.63) is 24.3 Å². The quantitative estimate of drug-likeness (QED) is 0.0321. The number of amides is 1. The minimum Gasteiger partial charge on any atom is -0.466 e. The van der Waals surface area contributed by atoms with Crippen LogP contribution in [0.3, 0.4) is 0 Å². The molecule has 2 unspecified atom stereocenters. The van der Waals surface area contributed by atoms with Gasteiger partial charge in [0.25, 0.3) is 0 Å². The van der Waals surface area contributed by atoms with Crippen molar-refractivity contribution in [2.45, 2.75) is 321 Å². The molecule has 0 fully saturated rings. The lowest BCUT2D eigenvalue weighted by Gasteiger charge is -2.20. The van der Waals surface area contributed by atoms with E-state index < -0.39 is 12.1 Å². The molecule has 0 spiro atoms. The molecule has 0 aliphatic carbocycles. The monoisotopic (exact) mass is 902 g/mol. The molecule has 1 amide bonds. The number of nitrogens with one attached hydrogen (secondary N) is 1. The number of aliphatic hydroxyl groups excluding tert-OH is 2. The molecule has 0 saturated heterocycles. The van der Waals surface area contributed by atoms with Crippen LogP contribution in [0.25, 0.3) is 0 Å². The van der Waals surface area contributed by atoms with Gasteiger partial charge in [0.2, 0.25) is 5.91 Å². The fraction of sp³-hybridized carbons (Fsp3) is 0.897. The van der Waals surface area contributed by atoms with Crippen LogP contribution in [0.5, 0.6) is 0 Å². The maximum absolute atomic E-state index is 12.4. The second-order valence-corrected chi connectivity index (χ2v) is 19.6. The van der Waals surface area contributed by atoms with E-state index >= 15 is 0 Å². The Morgan fingerprint density at radius 2 is 0.734 bits per heavy atom. The van der Waals surface area contributed by atoms with Crippen LogP contribution < -0.4 is 5.32 Å². The van der Waals surface area contributed by atoms with Gasteiger partial charge >= 0.3 is 5.97 Å². The number of ether oxygens (including phenoxy) is 1. The average molecular weight is 903 g/mol. The molecule has 6 nitrogen and oxygen atoms in total. The maximum Gasteiger partial charge on any atom is 0.305 e. The molecule has 2 atom stereocenters. The molecular weight excluding hydrogens is 791 g/mol. The van der Waals surface area contributed by atoms with E-state index in [-0.39, 0.29) is 18.5 Å². The van der Waals surface area contributed by atoms with E-state index in [0.29, 0.717) is 19.4 Å². The van der Waals surface area contributed by atoms with Gasteiger partial charge in [-0.05, 0) is 57.8 Å². The number of hydrogen-bond acceptors (Lipinski definition) is 5. The van der Waals surface area contributed by atoms with E-state index in [1.54, 1.807) is 6.08 Å². The highest BCUT2D eigenvalue weighted by Gasteiger charge is 2.18. The van der Waals surface area contributed by atoms with Crippen LogP contribution >= 0.6 is 0 Å². The van der Waals surface area contributed by atoms with E-state index in [0.717, 1.165) is 44.9 Å². The van der Waals surface area contributed by atoms with Gasteiger partial charge in [0.05, 0.1) is 25.4 Å². The molecule has 0 aromatic rings. The standard InChI is InChI=1S/C58H111NO5/c1-3-5-7-9-11-13-15-17-18-25-28-32-36-40-44-48-52-58(63)64-53-49-45-41-37-33-29-26-23-21-19-20-22-24-27-31-35-39-43-47-51-57(62)59-55(54-60)56(61)50-46-42-38-34-30-16-14-12-10-8-6-4-2/h19-20,46,50,55-56,60-61H,3-18,21-45,47-49,51-54H2,1-2H3,(H,59,62)/b20-19-,50-46+. The minimum atomic E-state index is -0.849. The molecule has 6 heteroatoms. The Hall–Kier alpha value is -1.66. The molecule has 0 bridgehead atoms. The van der Waals surface area contributed by atoms with E-state index in [4.69, 9.17) is 4.74 Å². The summed E-state index contributed by atoms with van der Waals surface area (Å²) in [5, 5.41) is 23.0. The zero-order valence-electron chi connectivity index (χ0n) is 43.0. The molecular formula is C58H111NO5. The predicted molar refractivity (Wildman–Crippen MR) is 278 cm³/mol. The maximum atomic E-state index is 12.4. The molecule has 0 aromatic heterocycles. The summed E-state index contributed by atoms with van der Waals surface area (Å²) in [6.45, 7) is 4.89. The van der Waals surface area contributed by atoms with Crippen LogP contribution in [0.4, 0.5) is 0 Å². The minimum absolute atomic E-state index is 0.00655. The first-order chi connectivity index (χ1) is 31.5. The first kappa shape index (κ1) is 62.3. The van der Waals surface area contributed by atoms with Gasteiger partial charge in [0.1, 0.15) is 0 Å². The summed E-state index contributed by atoms with van der Waals surface area (Å²) < 4.78 is 5.48. The van der Waals surface area contributed by atoms with Crippen molar-refractivity contribution >= 4 is 11.9 Å². The van der Waals surface area contributed by atoms with Crippen molar-refractivity contribution in [3.63, 3.8) is 0 Å². The third-order valence-electron chi connectivity index (χ3n) is 13.2. The summed E-state index contributed by atoms with van der Waals surface area (Å²) >= 11 is 0. The van der Waals surface area contributed by atoms with Gasteiger partial charge in [0.15, 0.2) is 0 Å². The van der Waals surface area contributed by atoms with Gasteiger partial charge < -0.3 is 20.3 Å². The van der Waals surface area contributed by atoms with Crippen molar-refractivity contribution in [2.75, 3.05) is 13.2 Å². The highest BCUT2D eigenvalue weighted by Crippen LogP contribution is 2.16. The molecule has 0 radical (unpaired) electrons. The molecule has 64 heavy (non-hydrogen) atoms. The summed E-state index contributed by atoms with van der Waals surface area (Å²) in [6, 6.07) is -0.633. The Morgan fingerprint density at radius 1 is 0.422 bits per heavy atom. The van der Waals surface area contributed by atoms with E-state index in [1.807, 2.05) is 6.08 Å². The van der Waals surface area contributed by atoms with Crippen molar-refractivity contribution in [2.24, 2.45) is 0 Å². The SMILES string of the molecule is CCCCCCCCCCCC/C=C/C(O)C(CO)NC(=O)CCCCCCCCC/C=C\CCCCCCCCCCOC(=O)CCCCCCCCCCCCCCCCCC. The van der Waals surface area contributed by atoms with Crippen molar-refractivity contribution < 1.29 is 24.5 Å². The third kappa shape index (κ3) is 49.8. The molecule has 0 aliphatic heterocycles. The van der Waals surface area contributed by atoms with Crippen molar-refractivity contribution in [1.29, 1.82) is 0 Å². The van der Waals surface area contributed by atoms with Crippen LogP contribution in [-0.4, -0.2) is 47.4 Å². The number of unbranched alkanes of at least 4 members (excludes halogenated alkanes) is 40. The number of allylic oxidation sites excluding steroid dienone is 3. The Kier molecular flexibility index (Phi) is 52.6. The van der Waals surface area contributed by atoms with E-state index in [1.165, 1.54) is 238 Å². The molecule has 0 saturated carbocycles. The number of carbonyl (C=O) groups is 2. The van der Waals surface area contributed by atoms with Crippen LogP contribution in [0.15, 0.2) is 24.3 Å². The first-order valence-corrected chi connectivity index (χ1v) is 28.6. The van der Waals surface area contributed by atoms with Gasteiger partial charge in [-0.2, -0.15) is 0 Å². The van der Waals surface area contributed by atoms with Gasteiger partial charge in [-0.1, -0.05) is 263 Å². The second-order valence-electron chi connectivity index (χ2n) is 19.6. The summed E-state index contributed by atoms with van der Waals surface area (Å²) in [6.07, 6.45) is 64.8. The fourth-order valence-electron chi connectivity index (χ4n) is 8.81. The van der Waals surface area contributed by atoms with Crippen LogP contribution in [-0.2, 0) is 14.3 Å². The normalized spacial score (nSPS) is 12.8. The van der Waals surface area contributed by atoms with Crippen LogP contribution in [0.1, 0.15) is 309 Å². The van der Waals surface area contributed by atoms with Gasteiger partial charge in [0, 0.05) is 12.8 Å². The lowest BCUT2D eigenvalue weighted by molar-refractivity contribution is -0.143. The average Bonchev–Trinajstić information content (AvgIpc) is 3.29. The summed E-state index contributed by atoms with van der Waals surface area (Å²) in [5.74, 6) is -0.0713. The van der Waals surface area contributed by atoms with Gasteiger partial charge in [-0.3, -0.25) is 9.59 Å². The molecule has 0 rings (SSSR count). The molecule has 0 aliphatic rings. The Morgan fingerprint density at radius 3 is 1.11 bits per heavy atom. The summed E-state index contributed by atoms with van der Waals surface area (Å²) in [4.78, 5) is 24.5. The first-order valence-electron chi connectivity index (χ1n) is 28.6. The molecule has 0 aromatic carbocycles. The predicted octanol–water partition coefficient (Wildman–Crippen LogP) is 17.5. The number of hydrogen-bond donors (Lipinski definition) is 3. The highest BCUT2D eigenvalue weighted by atomic mass is 16.5. The van der Waals surface area contributed by atoms with Crippen LogP contribution in [0, 0.1) is 0 Å². The number of rotatable bonds is 53. The van der Waals surface area contributed by atoms with Crippen LogP contribution in [0.2, 0.25) is 0 Å². The topological polar surface area (TPSA) is 95.9 Å². The van der Waals surface area contributed by atoms with Crippen molar-refractivity contribution in [1.82, 2.24) is 5.32 Å². The van der Waals surface area contributed by atoms with Gasteiger partial charge in [-0.25, -0.2) is 0 Å². The van der Waals surface area contributed by atoms with E-state index in [9.17, 15) is 19.8 Å². The Bertz CT molecular complexity index is 997. The Labute approximate surface area is 399 Å². The zero-order valence-corrected chi connectivity index (χ0v) is 43.0. The second kappa shape index (κ2) is 54.0. The number of aliphatic hydroxyl groups is 2. The molecule has 378 valence electrons. The third-order valence-corrected chi connectivity index (χ3v) is 13.2. The van der Waals surface area contributed by atoms with E-state index in [2.05, 4.69) is 31.3 Å². The number of esters is 1. The summed E-state index contributed by atoms with van der Waals surface area (Å²) in [5.41, 5.74) is 0. The Balaban J connectivity index is 3.43. The molecule has 3 N–H and O–H groups in total. The lowest BCUT2D eigenvalue weighted by Crippen LogP contribution is -2.45. The highest BCUT2D eigenvalue weighted by molar-refractivity contribution is 5.76. The van der Waals surface area contributed by atoms with Gasteiger partial charge in [-0.15, -0.1) is 0 Å². The fourth-order valence-corrected chi connectivity index (χ4v) is 8.81. The smallest absolute Gasteiger partial charge is 0.305 e. The van der Waals surface area contributed by atoms with Crippen molar-refractivity contribution in [3.8, 4) is 0 Å². The largest absolute Gasteiger partial charge is 0.466 e. The zero-order chi connectivity index (χ0) is 46.5. The number of carbonyl (C=O) groups excluding carboxylic acids is 2. The summed E-state index contributed by atoms with van der Waals surface area (Å²) in [7, 11) is 0.